The van der Waals surface area contributed by atoms with E-state index >= 15 is 0 Å². The van der Waals surface area contributed by atoms with Gasteiger partial charge in [0, 0.05) is 37.2 Å². The van der Waals surface area contributed by atoms with Crippen molar-refractivity contribution in [1.82, 2.24) is 10.6 Å². The van der Waals surface area contributed by atoms with Crippen molar-refractivity contribution in [2.75, 3.05) is 13.7 Å². The zero-order chi connectivity index (χ0) is 15.5. The normalized spacial score (nSPS) is 20.3. The Balaban J connectivity index is 1.72. The van der Waals surface area contributed by atoms with Crippen molar-refractivity contribution in [2.24, 2.45) is 4.99 Å². The molecule has 0 aromatic heterocycles. The summed E-state index contributed by atoms with van der Waals surface area (Å²) in [6.45, 7) is 5.45. The van der Waals surface area contributed by atoms with Crippen molar-refractivity contribution in [3.05, 3.63) is 23.3 Å². The van der Waals surface area contributed by atoms with Gasteiger partial charge in [0.05, 0.1) is 6.61 Å². The highest BCUT2D eigenvalue weighted by Gasteiger charge is 2.23. The number of hydrogen-bond donors (Lipinski definition) is 2. The van der Waals surface area contributed by atoms with Gasteiger partial charge in [-0.3, -0.25) is 4.99 Å². The number of guanidine groups is 1. The fourth-order valence-corrected chi connectivity index (χ4v) is 2.70. The third kappa shape index (κ3) is 3.46. The number of rotatable bonds is 5. The minimum Gasteiger partial charge on any atom is -0.494 e. The van der Waals surface area contributed by atoms with Crippen LogP contribution in [0.2, 0.25) is 0 Å². The van der Waals surface area contributed by atoms with E-state index < -0.39 is 0 Å². The maximum Gasteiger partial charge on any atom is 0.191 e. The number of nitrogens with zero attached hydrogens (tertiary/aromatic N) is 1. The lowest BCUT2D eigenvalue weighted by molar-refractivity contribution is 0.254. The number of hydrogen-bond acceptors (Lipinski definition) is 3. The Morgan fingerprint density at radius 2 is 2.23 bits per heavy atom. The predicted octanol–water partition coefficient (Wildman–Crippen LogP) is 2.24. The molecule has 22 heavy (non-hydrogen) atoms. The first-order chi connectivity index (χ1) is 10.7. The summed E-state index contributed by atoms with van der Waals surface area (Å²) in [4.78, 5) is 4.27. The Morgan fingerprint density at radius 1 is 1.41 bits per heavy atom. The van der Waals surface area contributed by atoms with Gasteiger partial charge < -0.3 is 20.1 Å². The van der Waals surface area contributed by atoms with Crippen LogP contribution in [-0.2, 0) is 13.0 Å². The summed E-state index contributed by atoms with van der Waals surface area (Å²) in [7, 11) is 1.80. The lowest BCUT2D eigenvalue weighted by Gasteiger charge is -2.15. The van der Waals surface area contributed by atoms with E-state index in [-0.39, 0.29) is 6.10 Å². The molecule has 5 heteroatoms. The van der Waals surface area contributed by atoms with Crippen molar-refractivity contribution >= 4 is 5.96 Å². The van der Waals surface area contributed by atoms with Crippen molar-refractivity contribution in [3.8, 4) is 11.5 Å². The first-order valence-electron chi connectivity index (χ1n) is 8.12. The van der Waals surface area contributed by atoms with Gasteiger partial charge in [0.25, 0.3) is 0 Å². The molecule has 2 N–H and O–H groups in total. The summed E-state index contributed by atoms with van der Waals surface area (Å²) in [6.07, 6.45) is 3.66. The monoisotopic (exact) mass is 303 g/mol. The first kappa shape index (κ1) is 15.0. The van der Waals surface area contributed by atoms with Crippen LogP contribution >= 0.6 is 0 Å². The molecular weight excluding hydrogens is 278 g/mol. The molecule has 1 heterocycles. The third-order valence-corrected chi connectivity index (χ3v) is 3.97. The van der Waals surface area contributed by atoms with Gasteiger partial charge in [-0.15, -0.1) is 0 Å². The van der Waals surface area contributed by atoms with Gasteiger partial charge in [-0.1, -0.05) is 0 Å². The Kier molecular flexibility index (Phi) is 4.41. The molecule has 2 aliphatic rings. The van der Waals surface area contributed by atoms with Crippen LogP contribution in [-0.4, -0.2) is 31.8 Å². The maximum absolute atomic E-state index is 5.86. The van der Waals surface area contributed by atoms with Gasteiger partial charge in [0.1, 0.15) is 17.6 Å². The Hall–Kier alpha value is -1.91. The van der Waals surface area contributed by atoms with Crippen molar-refractivity contribution in [2.45, 2.75) is 51.8 Å². The minimum absolute atomic E-state index is 0.247. The average Bonchev–Trinajstić information content (AvgIpc) is 3.24. The SMILES string of the molecule is CCOc1cc2c(cc1CNC(=NC)NC1CC1)OC(C)C2. The zero-order valence-corrected chi connectivity index (χ0v) is 13.6. The zero-order valence-electron chi connectivity index (χ0n) is 13.6. The smallest absolute Gasteiger partial charge is 0.191 e. The lowest BCUT2D eigenvalue weighted by atomic mass is 10.1. The Morgan fingerprint density at radius 3 is 2.91 bits per heavy atom. The van der Waals surface area contributed by atoms with E-state index in [1.54, 1.807) is 7.05 Å². The van der Waals surface area contributed by atoms with Crippen LogP contribution in [0.5, 0.6) is 11.5 Å². The van der Waals surface area contributed by atoms with Gasteiger partial charge in [-0.2, -0.15) is 0 Å². The van der Waals surface area contributed by atoms with Gasteiger partial charge in [-0.05, 0) is 38.8 Å². The Bertz CT molecular complexity index is 567. The topological polar surface area (TPSA) is 54.9 Å². The van der Waals surface area contributed by atoms with Crippen LogP contribution in [0.3, 0.4) is 0 Å². The summed E-state index contributed by atoms with van der Waals surface area (Å²) in [5.74, 6) is 2.77. The van der Waals surface area contributed by atoms with Crippen molar-refractivity contribution in [3.63, 3.8) is 0 Å². The summed E-state index contributed by atoms with van der Waals surface area (Å²) >= 11 is 0. The van der Waals surface area contributed by atoms with Crippen LogP contribution in [0, 0.1) is 0 Å². The fourth-order valence-electron chi connectivity index (χ4n) is 2.70. The van der Waals surface area contributed by atoms with E-state index in [0.29, 0.717) is 19.2 Å². The third-order valence-electron chi connectivity index (χ3n) is 3.97. The second kappa shape index (κ2) is 6.46. The summed E-state index contributed by atoms with van der Waals surface area (Å²) in [5, 5.41) is 6.75. The molecule has 0 radical (unpaired) electrons. The van der Waals surface area contributed by atoms with E-state index in [0.717, 1.165) is 29.4 Å². The van der Waals surface area contributed by atoms with E-state index in [9.17, 15) is 0 Å². The fraction of sp³-hybridized carbons (Fsp3) is 0.588. The number of nitrogens with one attached hydrogen (secondary N) is 2. The standard InChI is InChI=1S/C17H25N3O2/c1-4-21-15-8-12-7-11(2)22-16(12)9-13(15)10-19-17(18-3)20-14-5-6-14/h8-9,11,14H,4-7,10H2,1-3H3,(H2,18,19,20). The largest absolute Gasteiger partial charge is 0.494 e. The van der Waals surface area contributed by atoms with Crippen molar-refractivity contribution < 1.29 is 9.47 Å². The molecule has 1 atom stereocenters. The molecule has 1 unspecified atom stereocenters. The summed E-state index contributed by atoms with van der Waals surface area (Å²) < 4.78 is 11.7. The first-order valence-corrected chi connectivity index (χ1v) is 8.12. The average molecular weight is 303 g/mol. The van der Waals surface area contributed by atoms with E-state index in [1.807, 2.05) is 6.92 Å². The summed E-state index contributed by atoms with van der Waals surface area (Å²) in [5.41, 5.74) is 2.34. The maximum atomic E-state index is 5.86. The molecule has 0 saturated heterocycles. The molecule has 5 nitrogen and oxygen atoms in total. The molecule has 120 valence electrons. The molecule has 3 rings (SSSR count). The highest BCUT2D eigenvalue weighted by molar-refractivity contribution is 5.80. The van der Waals surface area contributed by atoms with E-state index in [4.69, 9.17) is 9.47 Å². The molecule has 0 amide bonds. The minimum atomic E-state index is 0.247. The second-order valence-electron chi connectivity index (χ2n) is 5.98. The molecule has 0 bridgehead atoms. The molecule has 1 aliphatic heterocycles. The van der Waals surface area contributed by atoms with Crippen LogP contribution in [0.1, 0.15) is 37.8 Å². The highest BCUT2D eigenvalue weighted by Crippen LogP contribution is 2.35. The van der Waals surface area contributed by atoms with Crippen LogP contribution in [0.25, 0.3) is 0 Å². The van der Waals surface area contributed by atoms with Gasteiger partial charge in [0.2, 0.25) is 0 Å². The Labute approximate surface area is 132 Å². The predicted molar refractivity (Wildman–Crippen MR) is 87.8 cm³/mol. The summed E-state index contributed by atoms with van der Waals surface area (Å²) in [6, 6.07) is 4.80. The molecule has 1 aromatic carbocycles. The number of ether oxygens (including phenoxy) is 2. The number of fused-ring (bicyclic) bond motifs is 1. The molecule has 1 aromatic rings. The van der Waals surface area contributed by atoms with E-state index in [2.05, 4.69) is 34.7 Å². The quantitative estimate of drug-likeness (QED) is 0.647. The lowest BCUT2D eigenvalue weighted by Crippen LogP contribution is -2.38. The molecule has 1 fully saturated rings. The van der Waals surface area contributed by atoms with Gasteiger partial charge in [-0.25, -0.2) is 0 Å². The van der Waals surface area contributed by atoms with Gasteiger partial charge >= 0.3 is 0 Å². The molecule has 1 aliphatic carbocycles. The van der Waals surface area contributed by atoms with E-state index in [1.165, 1.54) is 18.4 Å². The molecule has 0 spiro atoms. The number of benzene rings is 1. The van der Waals surface area contributed by atoms with Crippen molar-refractivity contribution in [1.29, 1.82) is 0 Å². The second-order valence-corrected chi connectivity index (χ2v) is 5.98. The van der Waals surface area contributed by atoms with Crippen LogP contribution in [0.4, 0.5) is 0 Å². The molecular formula is C17H25N3O2. The molecule has 1 saturated carbocycles. The number of aliphatic imine (C=N–C) groups is 1. The van der Waals surface area contributed by atoms with Crippen LogP contribution in [0.15, 0.2) is 17.1 Å². The van der Waals surface area contributed by atoms with Gasteiger partial charge in [0.15, 0.2) is 5.96 Å². The highest BCUT2D eigenvalue weighted by atomic mass is 16.5. The van der Waals surface area contributed by atoms with Crippen LogP contribution < -0.4 is 20.1 Å².